The molecule has 0 aliphatic heterocycles. The van der Waals surface area contributed by atoms with Crippen molar-refractivity contribution < 1.29 is 19.1 Å². The molecule has 0 spiro atoms. The van der Waals surface area contributed by atoms with E-state index in [2.05, 4.69) is 16.0 Å². The van der Waals surface area contributed by atoms with Crippen LogP contribution in [0.5, 0.6) is 0 Å². The zero-order valence-electron chi connectivity index (χ0n) is 17.5. The normalized spacial score (nSPS) is 14.0. The summed E-state index contributed by atoms with van der Waals surface area (Å²) in [6.45, 7) is 5.51. The molecule has 0 bridgehead atoms. The summed E-state index contributed by atoms with van der Waals surface area (Å²) in [5.41, 5.74) is 1.93. The lowest BCUT2D eigenvalue weighted by Crippen LogP contribution is -2.34. The summed E-state index contributed by atoms with van der Waals surface area (Å²) in [4.78, 5) is 35.6. The maximum absolute atomic E-state index is 12.1. The van der Waals surface area contributed by atoms with Crippen molar-refractivity contribution in [3.8, 4) is 0 Å². The molecule has 29 heavy (non-hydrogen) atoms. The van der Waals surface area contributed by atoms with Crippen molar-refractivity contribution in [2.45, 2.75) is 64.9 Å². The molecule has 0 radical (unpaired) electrons. The van der Waals surface area contributed by atoms with Crippen LogP contribution in [-0.4, -0.2) is 30.1 Å². The first-order valence-corrected chi connectivity index (χ1v) is 10.1. The van der Waals surface area contributed by atoms with Crippen LogP contribution >= 0.6 is 0 Å². The molecule has 1 fully saturated rings. The molecule has 1 aliphatic carbocycles. The van der Waals surface area contributed by atoms with Gasteiger partial charge >= 0.3 is 6.09 Å². The van der Waals surface area contributed by atoms with Crippen LogP contribution in [0.4, 0.5) is 16.2 Å². The summed E-state index contributed by atoms with van der Waals surface area (Å²) in [5.74, 6) is -0.341. The van der Waals surface area contributed by atoms with E-state index in [-0.39, 0.29) is 24.8 Å². The molecule has 1 saturated carbocycles. The Hall–Kier alpha value is -2.83. The van der Waals surface area contributed by atoms with Gasteiger partial charge in [-0.2, -0.15) is 0 Å². The van der Waals surface area contributed by atoms with Gasteiger partial charge in [0.1, 0.15) is 5.60 Å². The molecular weight excluding hydrogens is 370 g/mol. The number of hydrogen-bond donors (Lipinski definition) is 3. The second-order valence-corrected chi connectivity index (χ2v) is 8.16. The van der Waals surface area contributed by atoms with E-state index in [1.807, 2.05) is 0 Å². The average molecular weight is 402 g/mol. The molecule has 1 aromatic carbocycles. The van der Waals surface area contributed by atoms with Crippen LogP contribution in [-0.2, 0) is 14.3 Å². The van der Waals surface area contributed by atoms with E-state index in [9.17, 15) is 14.4 Å². The van der Waals surface area contributed by atoms with Crippen molar-refractivity contribution in [2.24, 2.45) is 0 Å². The van der Waals surface area contributed by atoms with Crippen LogP contribution in [0.2, 0.25) is 0 Å². The molecule has 3 N–H and O–H groups in total. The zero-order valence-corrected chi connectivity index (χ0v) is 17.5. The maximum atomic E-state index is 12.1. The third-order valence-electron chi connectivity index (χ3n) is 4.29. The van der Waals surface area contributed by atoms with Gasteiger partial charge in [-0.15, -0.1) is 0 Å². The smallest absolute Gasteiger partial charge is 0.407 e. The molecule has 0 heterocycles. The number of nitrogens with one attached hydrogen (secondary N) is 3. The Balaban J connectivity index is 1.73. The summed E-state index contributed by atoms with van der Waals surface area (Å²) in [5, 5.41) is 8.15. The fourth-order valence-electron chi connectivity index (χ4n) is 2.97. The van der Waals surface area contributed by atoms with Crippen LogP contribution < -0.4 is 16.0 Å². The van der Waals surface area contributed by atoms with E-state index in [1.54, 1.807) is 51.1 Å². The van der Waals surface area contributed by atoms with Gasteiger partial charge in [-0.1, -0.05) is 12.0 Å². The standard InChI is InChI=1S/C22H31N3O4/c1-22(2,3)29-21(28)23-14-13-19(26)24-17-9-11-18(12-10-17)25-20(27)15-16-7-5-4-6-8-16/h9-12,15H,4-8,13-14H2,1-3H3,(H,23,28)(H,24,26)(H,25,27). The number of rotatable bonds is 6. The van der Waals surface area contributed by atoms with Crippen LogP contribution in [0.25, 0.3) is 0 Å². The molecule has 0 atom stereocenters. The lowest BCUT2D eigenvalue weighted by atomic mass is 9.94. The van der Waals surface area contributed by atoms with E-state index in [0.717, 1.165) is 25.7 Å². The lowest BCUT2D eigenvalue weighted by Gasteiger charge is -2.19. The van der Waals surface area contributed by atoms with Crippen molar-refractivity contribution in [2.75, 3.05) is 17.2 Å². The highest BCUT2D eigenvalue weighted by atomic mass is 16.6. The quantitative estimate of drug-likeness (QED) is 0.617. The molecule has 2 rings (SSSR count). The number of alkyl carbamates (subject to hydrolysis) is 1. The number of anilines is 2. The van der Waals surface area contributed by atoms with Gasteiger partial charge in [0.25, 0.3) is 0 Å². The van der Waals surface area contributed by atoms with Crippen molar-refractivity contribution in [3.05, 3.63) is 35.9 Å². The van der Waals surface area contributed by atoms with Crippen LogP contribution in [0, 0.1) is 0 Å². The van der Waals surface area contributed by atoms with Gasteiger partial charge in [-0.05, 0) is 70.7 Å². The van der Waals surface area contributed by atoms with Crippen LogP contribution in [0.15, 0.2) is 35.9 Å². The molecule has 0 aromatic heterocycles. The Morgan fingerprint density at radius 2 is 1.55 bits per heavy atom. The number of hydrogen-bond acceptors (Lipinski definition) is 4. The fraction of sp³-hybridized carbons (Fsp3) is 0.500. The minimum absolute atomic E-state index is 0.119. The van der Waals surface area contributed by atoms with Crippen LogP contribution in [0.3, 0.4) is 0 Å². The molecule has 7 heteroatoms. The molecule has 0 saturated heterocycles. The minimum atomic E-state index is -0.573. The number of ether oxygens (including phenoxy) is 1. The van der Waals surface area contributed by atoms with E-state index in [4.69, 9.17) is 4.74 Å². The third-order valence-corrected chi connectivity index (χ3v) is 4.29. The second kappa shape index (κ2) is 10.6. The Kier molecular flexibility index (Phi) is 8.24. The summed E-state index contributed by atoms with van der Waals surface area (Å²) < 4.78 is 5.11. The monoisotopic (exact) mass is 401 g/mol. The summed E-state index contributed by atoms with van der Waals surface area (Å²) in [7, 11) is 0. The van der Waals surface area contributed by atoms with Crippen molar-refractivity contribution in [3.63, 3.8) is 0 Å². The second-order valence-electron chi connectivity index (χ2n) is 8.16. The topological polar surface area (TPSA) is 96.5 Å². The van der Waals surface area contributed by atoms with Gasteiger partial charge in [0.2, 0.25) is 11.8 Å². The molecule has 158 valence electrons. The number of carbonyl (C=O) groups excluding carboxylic acids is 3. The average Bonchev–Trinajstić information content (AvgIpc) is 2.62. The van der Waals surface area contributed by atoms with Gasteiger partial charge in [-0.25, -0.2) is 4.79 Å². The van der Waals surface area contributed by atoms with Crippen molar-refractivity contribution in [1.82, 2.24) is 5.32 Å². The Bertz CT molecular complexity index is 740. The highest BCUT2D eigenvalue weighted by Gasteiger charge is 2.16. The Morgan fingerprint density at radius 1 is 0.966 bits per heavy atom. The number of amides is 3. The fourth-order valence-corrected chi connectivity index (χ4v) is 2.97. The highest BCUT2D eigenvalue weighted by molar-refractivity contribution is 6.00. The lowest BCUT2D eigenvalue weighted by molar-refractivity contribution is -0.116. The van der Waals surface area contributed by atoms with Crippen molar-refractivity contribution >= 4 is 29.3 Å². The zero-order chi connectivity index (χ0) is 21.3. The van der Waals surface area contributed by atoms with E-state index in [0.29, 0.717) is 11.4 Å². The van der Waals surface area contributed by atoms with E-state index in [1.165, 1.54) is 12.0 Å². The first-order valence-electron chi connectivity index (χ1n) is 10.1. The Labute approximate surface area is 172 Å². The largest absolute Gasteiger partial charge is 0.444 e. The van der Waals surface area contributed by atoms with Gasteiger partial charge in [0.05, 0.1) is 0 Å². The van der Waals surface area contributed by atoms with Gasteiger partial charge in [0.15, 0.2) is 0 Å². The SMILES string of the molecule is CC(C)(C)OC(=O)NCCC(=O)Nc1ccc(NC(=O)C=C2CCCCC2)cc1. The molecule has 3 amide bonds. The summed E-state index contributed by atoms with van der Waals surface area (Å²) in [6.07, 6.45) is 6.83. The van der Waals surface area contributed by atoms with Crippen LogP contribution in [0.1, 0.15) is 59.3 Å². The third kappa shape index (κ3) is 9.27. The first kappa shape index (κ1) is 22.5. The van der Waals surface area contributed by atoms with Crippen molar-refractivity contribution in [1.29, 1.82) is 0 Å². The minimum Gasteiger partial charge on any atom is -0.444 e. The van der Waals surface area contributed by atoms with Gasteiger partial charge in [-0.3, -0.25) is 9.59 Å². The summed E-state index contributed by atoms with van der Waals surface area (Å²) in [6, 6.07) is 6.93. The van der Waals surface area contributed by atoms with E-state index >= 15 is 0 Å². The highest BCUT2D eigenvalue weighted by Crippen LogP contribution is 2.22. The molecule has 1 aromatic rings. The van der Waals surface area contributed by atoms with Gasteiger partial charge in [0, 0.05) is 30.4 Å². The van der Waals surface area contributed by atoms with E-state index < -0.39 is 11.7 Å². The Morgan fingerprint density at radius 3 is 2.14 bits per heavy atom. The summed E-state index contributed by atoms with van der Waals surface area (Å²) >= 11 is 0. The molecule has 0 unspecified atom stereocenters. The predicted octanol–water partition coefficient (Wildman–Crippen LogP) is 4.37. The van der Waals surface area contributed by atoms with Gasteiger partial charge < -0.3 is 20.7 Å². The molecular formula is C22H31N3O4. The number of benzene rings is 1. The number of carbonyl (C=O) groups is 3. The molecule has 1 aliphatic rings. The first-order chi connectivity index (χ1) is 13.7. The molecule has 7 nitrogen and oxygen atoms in total. The predicted molar refractivity (Wildman–Crippen MR) is 114 cm³/mol. The maximum Gasteiger partial charge on any atom is 0.407 e. The number of allylic oxidation sites excluding steroid dienone is 1.